The Morgan fingerprint density at radius 2 is 2.20 bits per heavy atom. The van der Waals surface area contributed by atoms with Gasteiger partial charge in [-0.15, -0.1) is 11.6 Å². The zero-order valence-electron chi connectivity index (χ0n) is 8.01. The summed E-state index contributed by atoms with van der Waals surface area (Å²) in [6.07, 6.45) is 0.304. The molecule has 2 atom stereocenters. The van der Waals surface area contributed by atoms with Crippen LogP contribution in [0.4, 0.5) is 0 Å². The molecule has 0 amide bonds. The highest BCUT2D eigenvalue weighted by Gasteiger charge is 2.18. The summed E-state index contributed by atoms with van der Waals surface area (Å²) in [7, 11) is 0. The summed E-state index contributed by atoms with van der Waals surface area (Å²) in [5.74, 6) is 0.269. The Kier molecular flexibility index (Phi) is 4.68. The number of rotatable bonds is 5. The van der Waals surface area contributed by atoms with E-state index < -0.39 is 12.2 Å². The molecule has 0 radical (unpaired) electrons. The number of nitrogens with zero attached hydrogens (tertiary/aromatic N) is 1. The Hall–Kier alpha value is -0.970. The molecular formula is C10H12ClNO3. The maximum absolute atomic E-state index is 10.4. The van der Waals surface area contributed by atoms with E-state index in [2.05, 4.69) is 4.98 Å². The van der Waals surface area contributed by atoms with Crippen molar-refractivity contribution in [3.63, 3.8) is 0 Å². The molecular weight excluding hydrogens is 218 g/mol. The van der Waals surface area contributed by atoms with E-state index in [4.69, 9.17) is 11.6 Å². The minimum Gasteiger partial charge on any atom is -0.390 e. The number of aliphatic hydroxyl groups is 2. The summed E-state index contributed by atoms with van der Waals surface area (Å²) >= 11 is 5.44. The molecule has 2 N–H and O–H groups in total. The Balaban J connectivity index is 2.73. The molecule has 82 valence electrons. The van der Waals surface area contributed by atoms with Gasteiger partial charge in [0.1, 0.15) is 6.10 Å². The molecule has 0 aliphatic heterocycles. The lowest BCUT2D eigenvalue weighted by molar-refractivity contribution is 0.0144. The number of halogens is 1. The van der Waals surface area contributed by atoms with Crippen LogP contribution in [0.1, 0.15) is 28.6 Å². The fraction of sp³-hybridized carbons (Fsp3) is 0.400. The maximum atomic E-state index is 10.4. The predicted octanol–water partition coefficient (Wildman–Crippen LogP) is 0.917. The molecule has 1 aromatic rings. The van der Waals surface area contributed by atoms with Crippen molar-refractivity contribution in [1.29, 1.82) is 0 Å². The first-order valence-electron chi connectivity index (χ1n) is 4.52. The van der Waals surface area contributed by atoms with Gasteiger partial charge in [0.15, 0.2) is 6.29 Å². The van der Waals surface area contributed by atoms with E-state index in [-0.39, 0.29) is 5.88 Å². The Bertz CT molecular complexity index is 315. The molecule has 1 heterocycles. The smallest absolute Gasteiger partial charge is 0.151 e. The lowest BCUT2D eigenvalue weighted by atomic mass is 10.1. The number of carbonyl (C=O) groups excluding carboxylic acids is 1. The van der Waals surface area contributed by atoms with E-state index in [0.717, 1.165) is 0 Å². The molecule has 4 nitrogen and oxygen atoms in total. The van der Waals surface area contributed by atoms with E-state index in [0.29, 0.717) is 24.0 Å². The monoisotopic (exact) mass is 229 g/mol. The average Bonchev–Trinajstić information content (AvgIpc) is 2.28. The van der Waals surface area contributed by atoms with Crippen molar-refractivity contribution in [2.75, 3.05) is 5.88 Å². The van der Waals surface area contributed by atoms with Crippen molar-refractivity contribution in [3.05, 3.63) is 29.6 Å². The van der Waals surface area contributed by atoms with E-state index in [1.165, 1.54) is 18.3 Å². The number of aldehydes is 1. The van der Waals surface area contributed by atoms with Crippen LogP contribution in [0.5, 0.6) is 0 Å². The van der Waals surface area contributed by atoms with Crippen LogP contribution < -0.4 is 0 Å². The molecule has 0 bridgehead atoms. The fourth-order valence-corrected chi connectivity index (χ4v) is 1.35. The van der Waals surface area contributed by atoms with Crippen molar-refractivity contribution in [1.82, 2.24) is 4.98 Å². The van der Waals surface area contributed by atoms with Gasteiger partial charge in [0.05, 0.1) is 11.8 Å². The topological polar surface area (TPSA) is 70.4 Å². The van der Waals surface area contributed by atoms with Crippen molar-refractivity contribution in [2.24, 2.45) is 0 Å². The van der Waals surface area contributed by atoms with Gasteiger partial charge in [-0.2, -0.15) is 0 Å². The first-order valence-corrected chi connectivity index (χ1v) is 5.05. The van der Waals surface area contributed by atoms with Crippen LogP contribution in [0.3, 0.4) is 0 Å². The summed E-state index contributed by atoms with van der Waals surface area (Å²) in [6, 6.07) is 3.04. The minimum atomic E-state index is -1.07. The van der Waals surface area contributed by atoms with Crippen LogP contribution in [-0.2, 0) is 0 Å². The van der Waals surface area contributed by atoms with Crippen LogP contribution in [0.15, 0.2) is 18.3 Å². The first kappa shape index (κ1) is 12.1. The van der Waals surface area contributed by atoms with Gasteiger partial charge in [0, 0.05) is 17.6 Å². The number of alkyl halides is 1. The van der Waals surface area contributed by atoms with Crippen LogP contribution in [0.25, 0.3) is 0 Å². The van der Waals surface area contributed by atoms with Gasteiger partial charge in [-0.25, -0.2) is 0 Å². The summed E-state index contributed by atoms with van der Waals surface area (Å²) in [5, 5.41) is 19.1. The van der Waals surface area contributed by atoms with Crippen molar-refractivity contribution in [3.8, 4) is 0 Å². The van der Waals surface area contributed by atoms with Crippen LogP contribution >= 0.6 is 11.6 Å². The van der Waals surface area contributed by atoms with E-state index in [9.17, 15) is 15.0 Å². The average molecular weight is 230 g/mol. The second-order valence-corrected chi connectivity index (χ2v) is 3.50. The van der Waals surface area contributed by atoms with Crippen LogP contribution in [0, 0.1) is 0 Å². The molecule has 0 aliphatic rings. The van der Waals surface area contributed by atoms with Crippen molar-refractivity contribution < 1.29 is 15.0 Å². The number of carbonyl (C=O) groups is 1. The van der Waals surface area contributed by atoms with Crippen LogP contribution in [0.2, 0.25) is 0 Å². The predicted molar refractivity (Wildman–Crippen MR) is 55.9 cm³/mol. The third-order valence-corrected chi connectivity index (χ3v) is 2.24. The summed E-state index contributed by atoms with van der Waals surface area (Å²) in [5.41, 5.74) is 0.760. The zero-order chi connectivity index (χ0) is 11.3. The summed E-state index contributed by atoms with van der Waals surface area (Å²) in [6.45, 7) is 0. The third-order valence-electron chi connectivity index (χ3n) is 2.02. The van der Waals surface area contributed by atoms with Gasteiger partial charge < -0.3 is 10.2 Å². The Morgan fingerprint density at radius 1 is 1.47 bits per heavy atom. The highest BCUT2D eigenvalue weighted by Crippen LogP contribution is 2.17. The molecule has 0 spiro atoms. The van der Waals surface area contributed by atoms with Crippen LogP contribution in [-0.4, -0.2) is 33.5 Å². The molecule has 5 heteroatoms. The number of hydrogen-bond acceptors (Lipinski definition) is 4. The molecule has 0 fully saturated rings. The molecule has 15 heavy (non-hydrogen) atoms. The lowest BCUT2D eigenvalue weighted by Crippen LogP contribution is -2.19. The molecule has 1 rings (SSSR count). The maximum Gasteiger partial charge on any atom is 0.151 e. The number of pyridine rings is 1. The molecule has 1 aromatic heterocycles. The minimum absolute atomic E-state index is 0.269. The third kappa shape index (κ3) is 3.27. The van der Waals surface area contributed by atoms with E-state index in [1.807, 2.05) is 0 Å². The second-order valence-electron chi connectivity index (χ2n) is 3.12. The highest BCUT2D eigenvalue weighted by atomic mass is 35.5. The van der Waals surface area contributed by atoms with Gasteiger partial charge in [-0.3, -0.25) is 9.78 Å². The SMILES string of the molecule is O=Cc1ccc(C(O)C(O)CCCl)nc1. The molecule has 0 saturated heterocycles. The van der Waals surface area contributed by atoms with Gasteiger partial charge >= 0.3 is 0 Å². The molecule has 0 aliphatic carbocycles. The standard InChI is InChI=1S/C10H12ClNO3/c11-4-3-9(14)10(15)8-2-1-7(6-13)5-12-8/h1-2,5-6,9-10,14-15H,3-4H2. The van der Waals surface area contributed by atoms with Gasteiger partial charge in [0.25, 0.3) is 0 Å². The Morgan fingerprint density at radius 3 is 2.67 bits per heavy atom. The quantitative estimate of drug-likeness (QED) is 0.582. The summed E-state index contributed by atoms with van der Waals surface area (Å²) < 4.78 is 0. The highest BCUT2D eigenvalue weighted by molar-refractivity contribution is 6.17. The lowest BCUT2D eigenvalue weighted by Gasteiger charge is -2.15. The first-order chi connectivity index (χ1) is 7.19. The van der Waals surface area contributed by atoms with Gasteiger partial charge in [-0.05, 0) is 18.6 Å². The van der Waals surface area contributed by atoms with Gasteiger partial charge in [-0.1, -0.05) is 0 Å². The molecule has 0 aromatic carbocycles. The molecule has 2 unspecified atom stereocenters. The van der Waals surface area contributed by atoms with Gasteiger partial charge in [0.2, 0.25) is 0 Å². The number of hydrogen-bond donors (Lipinski definition) is 2. The number of aliphatic hydroxyl groups excluding tert-OH is 2. The normalized spacial score (nSPS) is 14.6. The fourth-order valence-electron chi connectivity index (χ4n) is 1.13. The second kappa shape index (κ2) is 5.80. The molecule has 0 saturated carbocycles. The zero-order valence-corrected chi connectivity index (χ0v) is 8.76. The van der Waals surface area contributed by atoms with E-state index in [1.54, 1.807) is 0 Å². The van der Waals surface area contributed by atoms with E-state index >= 15 is 0 Å². The number of aromatic nitrogens is 1. The van der Waals surface area contributed by atoms with Crippen molar-refractivity contribution >= 4 is 17.9 Å². The summed E-state index contributed by atoms with van der Waals surface area (Å²) in [4.78, 5) is 14.2. The van der Waals surface area contributed by atoms with Crippen molar-refractivity contribution in [2.45, 2.75) is 18.6 Å². The largest absolute Gasteiger partial charge is 0.390 e. The Labute approximate surface area is 92.5 Å².